The predicted molar refractivity (Wildman–Crippen MR) is 152 cm³/mol. The van der Waals surface area contributed by atoms with Gasteiger partial charge in [-0.05, 0) is 85.1 Å². The summed E-state index contributed by atoms with van der Waals surface area (Å²) in [7, 11) is 0. The molecule has 35 heavy (non-hydrogen) atoms. The number of rotatable bonds is 12. The van der Waals surface area contributed by atoms with Gasteiger partial charge in [0.05, 0.1) is 5.56 Å². The molecule has 0 amide bonds. The van der Waals surface area contributed by atoms with Crippen LogP contribution in [0.2, 0.25) is 0 Å². The lowest BCUT2D eigenvalue weighted by Gasteiger charge is -2.12. The largest absolute Gasteiger partial charge is 0.507 e. The first-order valence-corrected chi connectivity index (χ1v) is 13.1. The average Bonchev–Trinajstić information content (AvgIpc) is 2.74. The number of allylic oxidation sites excluding steroid dienone is 10. The van der Waals surface area contributed by atoms with E-state index in [9.17, 15) is 9.90 Å². The summed E-state index contributed by atoms with van der Waals surface area (Å²) in [5.41, 5.74) is 6.56. The van der Waals surface area contributed by atoms with Crippen LogP contribution in [0.15, 0.2) is 61.9 Å². The molecular formula is C32H48O3. The molecule has 1 heterocycles. The zero-order valence-corrected chi connectivity index (χ0v) is 23.8. The lowest BCUT2D eigenvalue weighted by molar-refractivity contribution is 0.428. The van der Waals surface area contributed by atoms with Gasteiger partial charge in [-0.1, -0.05) is 86.3 Å². The highest BCUT2D eigenvalue weighted by atomic mass is 16.4. The smallest absolute Gasteiger partial charge is 0.342 e. The van der Waals surface area contributed by atoms with Gasteiger partial charge < -0.3 is 9.52 Å². The Bertz CT molecular complexity index is 1060. The minimum atomic E-state index is -0.486. The van der Waals surface area contributed by atoms with Crippen molar-refractivity contribution in [1.29, 1.82) is 0 Å². The summed E-state index contributed by atoms with van der Waals surface area (Å²) in [6, 6.07) is 0. The van der Waals surface area contributed by atoms with E-state index in [4.69, 9.17) is 4.42 Å². The Morgan fingerprint density at radius 1 is 0.914 bits per heavy atom. The van der Waals surface area contributed by atoms with Gasteiger partial charge in [0, 0.05) is 5.56 Å². The number of hydrogen-bond donors (Lipinski definition) is 1. The van der Waals surface area contributed by atoms with Crippen LogP contribution in [0.25, 0.3) is 5.57 Å². The normalized spacial score (nSPS) is 16.0. The molecule has 0 spiro atoms. The maximum atomic E-state index is 12.0. The lowest BCUT2D eigenvalue weighted by Crippen LogP contribution is -2.07. The summed E-state index contributed by atoms with van der Waals surface area (Å²) >= 11 is 0. The fourth-order valence-corrected chi connectivity index (χ4v) is 4.76. The van der Waals surface area contributed by atoms with Gasteiger partial charge >= 0.3 is 5.63 Å². The highest BCUT2D eigenvalue weighted by Crippen LogP contribution is 2.28. The van der Waals surface area contributed by atoms with Gasteiger partial charge in [0.1, 0.15) is 11.5 Å². The molecule has 3 nitrogen and oxygen atoms in total. The Hall–Kier alpha value is -2.55. The number of aromatic hydroxyl groups is 1. The van der Waals surface area contributed by atoms with E-state index in [1.54, 1.807) is 13.8 Å². The topological polar surface area (TPSA) is 50.4 Å². The second kappa shape index (κ2) is 14.8. The monoisotopic (exact) mass is 480 g/mol. The summed E-state index contributed by atoms with van der Waals surface area (Å²) < 4.78 is 5.45. The molecule has 0 saturated carbocycles. The third-order valence-corrected chi connectivity index (χ3v) is 6.38. The average molecular weight is 481 g/mol. The third kappa shape index (κ3) is 10.7. The highest BCUT2D eigenvalue weighted by Gasteiger charge is 2.15. The standard InChI is InChI=1S/C32H48O3/c1-11-13-21(2)16-22(3)14-12-15-23(4)17-24(5)18-25(6)19-26(7)20-27(8)31-28(9)30(33)29(10)32(34)35-31/h14-15,17-18,20-21,26,33H,11-13,16,19H2,1-10H3/b22-14+,23-15+,24-17+,25-18+,27-20+. The van der Waals surface area contributed by atoms with Gasteiger partial charge in [-0.3, -0.25) is 0 Å². The van der Waals surface area contributed by atoms with Crippen LogP contribution in [-0.2, 0) is 0 Å². The van der Waals surface area contributed by atoms with Crippen molar-refractivity contribution in [3.8, 4) is 5.75 Å². The molecule has 1 aromatic heterocycles. The Morgan fingerprint density at radius 2 is 1.57 bits per heavy atom. The van der Waals surface area contributed by atoms with E-state index >= 15 is 0 Å². The lowest BCUT2D eigenvalue weighted by atomic mass is 9.96. The molecule has 2 unspecified atom stereocenters. The quantitative estimate of drug-likeness (QED) is 0.239. The molecule has 0 radical (unpaired) electrons. The van der Waals surface area contributed by atoms with Gasteiger partial charge in [-0.15, -0.1) is 0 Å². The van der Waals surface area contributed by atoms with Crippen LogP contribution in [-0.4, -0.2) is 5.11 Å². The Morgan fingerprint density at radius 3 is 2.20 bits per heavy atom. The Balaban J connectivity index is 2.80. The zero-order valence-electron chi connectivity index (χ0n) is 23.8. The molecule has 1 rings (SSSR count). The van der Waals surface area contributed by atoms with E-state index in [2.05, 4.69) is 78.8 Å². The van der Waals surface area contributed by atoms with Crippen molar-refractivity contribution >= 4 is 5.57 Å². The van der Waals surface area contributed by atoms with Crippen LogP contribution in [0.4, 0.5) is 0 Å². The van der Waals surface area contributed by atoms with Crippen LogP contribution in [0, 0.1) is 25.7 Å². The molecule has 0 aliphatic carbocycles. The fraction of sp³-hybridized carbons (Fsp3) is 0.531. The van der Waals surface area contributed by atoms with Gasteiger partial charge in [-0.2, -0.15) is 0 Å². The second-order valence-electron chi connectivity index (χ2n) is 10.6. The van der Waals surface area contributed by atoms with Crippen molar-refractivity contribution in [2.24, 2.45) is 11.8 Å². The van der Waals surface area contributed by atoms with Crippen LogP contribution in [0.5, 0.6) is 5.75 Å². The summed E-state index contributed by atoms with van der Waals surface area (Å²) in [5.74, 6) is 1.53. The molecule has 0 saturated heterocycles. The fourth-order valence-electron chi connectivity index (χ4n) is 4.76. The first-order valence-electron chi connectivity index (χ1n) is 13.1. The Labute approximate surface area is 214 Å². The van der Waals surface area contributed by atoms with E-state index in [1.165, 1.54) is 41.6 Å². The van der Waals surface area contributed by atoms with Crippen LogP contribution >= 0.6 is 0 Å². The molecule has 1 N–H and O–H groups in total. The summed E-state index contributed by atoms with van der Waals surface area (Å²) in [5, 5.41) is 10.2. The minimum Gasteiger partial charge on any atom is -0.507 e. The van der Waals surface area contributed by atoms with Crippen molar-refractivity contribution in [1.82, 2.24) is 0 Å². The molecule has 1 aromatic rings. The van der Waals surface area contributed by atoms with Crippen LogP contribution < -0.4 is 5.63 Å². The van der Waals surface area contributed by atoms with E-state index in [0.717, 1.165) is 24.3 Å². The van der Waals surface area contributed by atoms with Gasteiger partial charge in [-0.25, -0.2) is 4.79 Å². The Kier molecular flexibility index (Phi) is 12.9. The minimum absolute atomic E-state index is 0.0219. The van der Waals surface area contributed by atoms with Gasteiger partial charge in [0.15, 0.2) is 0 Å². The predicted octanol–water partition coefficient (Wildman–Crippen LogP) is 9.39. The van der Waals surface area contributed by atoms with E-state index in [-0.39, 0.29) is 17.2 Å². The van der Waals surface area contributed by atoms with Crippen molar-refractivity contribution in [3.63, 3.8) is 0 Å². The molecule has 0 aromatic carbocycles. The maximum Gasteiger partial charge on any atom is 0.342 e. The van der Waals surface area contributed by atoms with Crippen molar-refractivity contribution < 1.29 is 9.52 Å². The zero-order chi connectivity index (χ0) is 26.7. The molecule has 0 aliphatic rings. The molecular weight excluding hydrogens is 432 g/mol. The van der Waals surface area contributed by atoms with E-state index in [1.807, 2.05) is 6.92 Å². The maximum absolute atomic E-state index is 12.0. The first kappa shape index (κ1) is 30.5. The third-order valence-electron chi connectivity index (χ3n) is 6.38. The summed E-state index contributed by atoms with van der Waals surface area (Å²) in [6.45, 7) is 20.7. The SMILES string of the molecule is CCCC(C)C/C(C)=C/C/C=C(C)/C=C(C)/C=C(\C)CC(C)/C=C(\C)c1oc(=O)c(C)c(O)c1C. The van der Waals surface area contributed by atoms with E-state index in [0.29, 0.717) is 11.3 Å². The first-order chi connectivity index (χ1) is 16.3. The van der Waals surface area contributed by atoms with Gasteiger partial charge in [0.25, 0.3) is 0 Å². The van der Waals surface area contributed by atoms with Crippen molar-refractivity contribution in [2.45, 2.75) is 101 Å². The highest BCUT2D eigenvalue weighted by molar-refractivity contribution is 5.64. The van der Waals surface area contributed by atoms with E-state index < -0.39 is 5.63 Å². The second-order valence-corrected chi connectivity index (χ2v) is 10.6. The van der Waals surface area contributed by atoms with Crippen LogP contribution in [0.1, 0.15) is 104 Å². The summed E-state index contributed by atoms with van der Waals surface area (Å²) in [4.78, 5) is 12.0. The van der Waals surface area contributed by atoms with Crippen LogP contribution in [0.3, 0.4) is 0 Å². The van der Waals surface area contributed by atoms with Gasteiger partial charge in [0.2, 0.25) is 0 Å². The molecule has 194 valence electrons. The van der Waals surface area contributed by atoms with Crippen molar-refractivity contribution in [2.75, 3.05) is 0 Å². The molecule has 0 fully saturated rings. The summed E-state index contributed by atoms with van der Waals surface area (Å²) in [6.07, 6.45) is 16.9. The number of hydrogen-bond acceptors (Lipinski definition) is 3. The molecule has 0 bridgehead atoms. The molecule has 2 atom stereocenters. The van der Waals surface area contributed by atoms with Crippen molar-refractivity contribution in [3.05, 3.63) is 80.0 Å². The molecule has 0 aliphatic heterocycles. The molecule has 3 heteroatoms.